The van der Waals surface area contributed by atoms with Crippen molar-refractivity contribution in [3.63, 3.8) is 0 Å². The fourth-order valence-corrected chi connectivity index (χ4v) is 1.89. The summed E-state index contributed by atoms with van der Waals surface area (Å²) in [5, 5.41) is 9.19. The van der Waals surface area contributed by atoms with Crippen LogP contribution >= 0.6 is 0 Å². The number of carboxylic acids is 1. The quantitative estimate of drug-likeness (QED) is 0.827. The predicted molar refractivity (Wildman–Crippen MR) is 81.8 cm³/mol. The molecule has 0 atom stereocenters. The number of carbonyl (C=O) groups is 2. The molecule has 0 bridgehead atoms. The number of hydrogen-bond donors (Lipinski definition) is 1. The number of aryl methyl sites for hydroxylation is 1. The van der Waals surface area contributed by atoms with Crippen molar-refractivity contribution in [2.75, 3.05) is 32.1 Å². The Bertz CT molecular complexity index is 515. The molecule has 1 rings (SSSR count). The summed E-state index contributed by atoms with van der Waals surface area (Å²) in [6.07, 6.45) is 1.50. The van der Waals surface area contributed by atoms with Crippen molar-refractivity contribution >= 4 is 17.7 Å². The normalized spacial score (nSPS) is 10.3. The van der Waals surface area contributed by atoms with Gasteiger partial charge in [-0.3, -0.25) is 4.79 Å². The first-order valence-electron chi connectivity index (χ1n) is 7.08. The first kappa shape index (κ1) is 16.9. The van der Waals surface area contributed by atoms with Gasteiger partial charge in [0.15, 0.2) is 0 Å². The van der Waals surface area contributed by atoms with Crippen LogP contribution < -0.4 is 4.90 Å². The van der Waals surface area contributed by atoms with Gasteiger partial charge in [0.1, 0.15) is 5.82 Å². The molecule has 0 aromatic carbocycles. The molecule has 1 N–H and O–H groups in total. The molecule has 0 aliphatic heterocycles. The second kappa shape index (κ2) is 7.61. The van der Waals surface area contributed by atoms with Crippen LogP contribution in [0.15, 0.2) is 12.1 Å². The van der Waals surface area contributed by atoms with Gasteiger partial charge in [-0.1, -0.05) is 13.8 Å². The molecule has 6 heteroatoms. The average Bonchev–Trinajstić information content (AvgIpc) is 2.45. The number of likely N-dealkylation sites (N-methyl/N-ethyl adjacent to an activating group) is 1. The van der Waals surface area contributed by atoms with Crippen molar-refractivity contribution < 1.29 is 14.7 Å². The molecule has 0 saturated heterocycles. The number of aromatic nitrogens is 1. The zero-order valence-electron chi connectivity index (χ0n) is 13.1. The van der Waals surface area contributed by atoms with Crippen LogP contribution in [0.4, 0.5) is 5.82 Å². The van der Waals surface area contributed by atoms with Gasteiger partial charge in [0.25, 0.3) is 0 Å². The summed E-state index contributed by atoms with van der Waals surface area (Å²) in [5.41, 5.74) is 0.915. The number of carboxylic acid groups (broad SMARTS) is 1. The molecule has 1 amide bonds. The monoisotopic (exact) mass is 293 g/mol. The van der Waals surface area contributed by atoms with Crippen LogP contribution in [0.3, 0.4) is 0 Å². The lowest BCUT2D eigenvalue weighted by Gasteiger charge is -2.25. The summed E-state index contributed by atoms with van der Waals surface area (Å²) in [6, 6.07) is 3.10. The van der Waals surface area contributed by atoms with Crippen LogP contribution in [0.25, 0.3) is 0 Å². The number of pyridine rings is 1. The third-order valence-electron chi connectivity index (χ3n) is 3.12. The highest BCUT2D eigenvalue weighted by Crippen LogP contribution is 2.16. The maximum Gasteiger partial charge on any atom is 0.335 e. The van der Waals surface area contributed by atoms with Crippen LogP contribution in [-0.2, 0) is 11.2 Å². The zero-order chi connectivity index (χ0) is 16.0. The maximum atomic E-state index is 11.9. The van der Waals surface area contributed by atoms with Gasteiger partial charge in [0.05, 0.1) is 12.1 Å². The smallest absolute Gasteiger partial charge is 0.335 e. The summed E-state index contributed by atoms with van der Waals surface area (Å²) < 4.78 is 0. The van der Waals surface area contributed by atoms with E-state index in [1.54, 1.807) is 20.2 Å². The largest absolute Gasteiger partial charge is 0.478 e. The van der Waals surface area contributed by atoms with E-state index in [1.165, 1.54) is 11.0 Å². The first-order chi connectivity index (χ1) is 9.88. The highest BCUT2D eigenvalue weighted by Gasteiger charge is 2.16. The average molecular weight is 293 g/mol. The lowest BCUT2D eigenvalue weighted by Crippen LogP contribution is -2.37. The van der Waals surface area contributed by atoms with E-state index < -0.39 is 5.97 Å². The van der Waals surface area contributed by atoms with Crippen LogP contribution in [0.5, 0.6) is 0 Å². The second-order valence-electron chi connectivity index (χ2n) is 5.07. The Labute approximate surface area is 125 Å². The lowest BCUT2D eigenvalue weighted by molar-refractivity contribution is -0.127. The molecule has 21 heavy (non-hydrogen) atoms. The second-order valence-corrected chi connectivity index (χ2v) is 5.07. The van der Waals surface area contributed by atoms with E-state index in [0.29, 0.717) is 24.5 Å². The van der Waals surface area contributed by atoms with E-state index in [9.17, 15) is 14.7 Å². The van der Waals surface area contributed by atoms with E-state index in [0.717, 1.165) is 6.42 Å². The van der Waals surface area contributed by atoms with E-state index in [1.807, 2.05) is 18.7 Å². The number of rotatable bonds is 7. The summed E-state index contributed by atoms with van der Waals surface area (Å²) >= 11 is 0. The van der Waals surface area contributed by atoms with Crippen molar-refractivity contribution in [2.45, 2.75) is 26.7 Å². The van der Waals surface area contributed by atoms with Gasteiger partial charge in [-0.2, -0.15) is 0 Å². The molecule has 1 aromatic heterocycles. The molecule has 0 saturated carbocycles. The minimum Gasteiger partial charge on any atom is -0.478 e. The number of anilines is 1. The molecular weight excluding hydrogens is 270 g/mol. The molecule has 1 heterocycles. The lowest BCUT2D eigenvalue weighted by atomic mass is 10.2. The Morgan fingerprint density at radius 1 is 1.24 bits per heavy atom. The van der Waals surface area contributed by atoms with E-state index in [4.69, 9.17) is 0 Å². The summed E-state index contributed by atoms with van der Waals surface area (Å²) in [6.45, 7) is 4.78. The first-order valence-corrected chi connectivity index (χ1v) is 7.08. The Kier molecular flexibility index (Phi) is 6.14. The molecule has 116 valence electrons. The third kappa shape index (κ3) is 4.73. The number of amides is 1. The van der Waals surface area contributed by atoms with Gasteiger partial charge >= 0.3 is 5.97 Å². The highest BCUT2D eigenvalue weighted by atomic mass is 16.4. The number of carbonyl (C=O) groups excluding carboxylic acids is 1. The Morgan fingerprint density at radius 3 is 2.38 bits per heavy atom. The van der Waals surface area contributed by atoms with Gasteiger partial charge in [-0.05, 0) is 25.0 Å². The van der Waals surface area contributed by atoms with Crippen LogP contribution in [-0.4, -0.2) is 54.1 Å². The maximum absolute atomic E-state index is 11.9. The fraction of sp³-hybridized carbons (Fsp3) is 0.533. The Hall–Kier alpha value is -2.11. The topological polar surface area (TPSA) is 73.7 Å². The molecule has 0 spiro atoms. The summed E-state index contributed by atoms with van der Waals surface area (Å²) in [5.74, 6) is -0.475. The Morgan fingerprint density at radius 2 is 1.90 bits per heavy atom. The van der Waals surface area contributed by atoms with Gasteiger partial charge in [0.2, 0.25) is 5.91 Å². The molecule has 0 fully saturated rings. The minimum absolute atomic E-state index is 0.0379. The van der Waals surface area contributed by atoms with Gasteiger partial charge in [0, 0.05) is 26.3 Å². The van der Waals surface area contributed by atoms with Gasteiger partial charge in [-0.15, -0.1) is 0 Å². The molecule has 0 radical (unpaired) electrons. The third-order valence-corrected chi connectivity index (χ3v) is 3.12. The summed E-state index contributed by atoms with van der Waals surface area (Å²) in [4.78, 5) is 30.9. The zero-order valence-corrected chi connectivity index (χ0v) is 13.1. The van der Waals surface area contributed by atoms with Crippen molar-refractivity contribution in [1.29, 1.82) is 0 Å². The highest BCUT2D eigenvalue weighted by molar-refractivity contribution is 5.89. The molecule has 0 aliphatic carbocycles. The van der Waals surface area contributed by atoms with Crippen molar-refractivity contribution in [3.05, 3.63) is 23.4 Å². The van der Waals surface area contributed by atoms with Crippen LogP contribution in [0, 0.1) is 0 Å². The SMILES string of the molecule is CCCN(CC(=O)N(C)C)c1cc(C(=O)O)cc(CC)n1. The minimum atomic E-state index is -0.983. The number of hydrogen-bond acceptors (Lipinski definition) is 4. The van der Waals surface area contributed by atoms with Gasteiger partial charge in [-0.25, -0.2) is 9.78 Å². The standard InChI is InChI=1S/C15H23N3O3/c1-5-7-18(10-14(19)17(3)4)13-9-11(15(20)21)8-12(6-2)16-13/h8-9H,5-7,10H2,1-4H3,(H,20,21). The summed E-state index contributed by atoms with van der Waals surface area (Å²) in [7, 11) is 3.40. The molecule has 6 nitrogen and oxygen atoms in total. The van der Waals surface area contributed by atoms with Crippen molar-refractivity contribution in [1.82, 2.24) is 9.88 Å². The van der Waals surface area contributed by atoms with Crippen molar-refractivity contribution in [3.8, 4) is 0 Å². The van der Waals surface area contributed by atoms with Crippen LogP contribution in [0.1, 0.15) is 36.3 Å². The van der Waals surface area contributed by atoms with E-state index >= 15 is 0 Å². The van der Waals surface area contributed by atoms with Crippen molar-refractivity contribution in [2.24, 2.45) is 0 Å². The number of aromatic carboxylic acids is 1. The van der Waals surface area contributed by atoms with Gasteiger partial charge < -0.3 is 14.9 Å². The number of nitrogens with zero attached hydrogens (tertiary/aromatic N) is 3. The van der Waals surface area contributed by atoms with Crippen LogP contribution in [0.2, 0.25) is 0 Å². The fourth-order valence-electron chi connectivity index (χ4n) is 1.89. The predicted octanol–water partition coefficient (Wildman–Crippen LogP) is 1.65. The molecule has 0 aliphatic rings. The molecule has 1 aromatic rings. The van der Waals surface area contributed by atoms with E-state index in [-0.39, 0.29) is 18.0 Å². The van der Waals surface area contributed by atoms with E-state index in [2.05, 4.69) is 4.98 Å². The molecule has 0 unspecified atom stereocenters. The molecular formula is C15H23N3O3. The Balaban J connectivity index is 3.14.